The van der Waals surface area contributed by atoms with Gasteiger partial charge in [0.05, 0.1) is 0 Å². The van der Waals surface area contributed by atoms with E-state index in [1.54, 1.807) is 0 Å². The van der Waals surface area contributed by atoms with E-state index in [1.165, 1.54) is 12.1 Å². The standard InChI is InChI=1S/C16H27FN2/c1-11(2)10-12(3)19(5)16(13(4)18)14-6-8-15(17)9-7-14/h6-9,11-13,16H,10,18H2,1-5H3. The number of rotatable bonds is 6. The van der Waals surface area contributed by atoms with Crippen LogP contribution in [0.3, 0.4) is 0 Å². The highest BCUT2D eigenvalue weighted by molar-refractivity contribution is 5.21. The molecule has 3 atom stereocenters. The molecule has 0 heterocycles. The van der Waals surface area contributed by atoms with Crippen LogP contribution in [-0.2, 0) is 0 Å². The van der Waals surface area contributed by atoms with Crippen molar-refractivity contribution in [1.29, 1.82) is 0 Å². The van der Waals surface area contributed by atoms with E-state index in [-0.39, 0.29) is 17.9 Å². The van der Waals surface area contributed by atoms with E-state index >= 15 is 0 Å². The molecule has 1 rings (SSSR count). The van der Waals surface area contributed by atoms with Crippen molar-refractivity contribution in [2.24, 2.45) is 11.7 Å². The third-order valence-electron chi connectivity index (χ3n) is 3.66. The number of nitrogens with two attached hydrogens (primary N) is 1. The van der Waals surface area contributed by atoms with Gasteiger partial charge < -0.3 is 5.73 Å². The van der Waals surface area contributed by atoms with Gasteiger partial charge in [0.25, 0.3) is 0 Å². The highest BCUT2D eigenvalue weighted by Gasteiger charge is 2.25. The zero-order valence-electron chi connectivity index (χ0n) is 12.7. The van der Waals surface area contributed by atoms with Gasteiger partial charge in [0.15, 0.2) is 0 Å². The van der Waals surface area contributed by atoms with Crippen molar-refractivity contribution in [2.75, 3.05) is 7.05 Å². The van der Waals surface area contributed by atoms with Crippen LogP contribution in [0.5, 0.6) is 0 Å². The first-order valence-electron chi connectivity index (χ1n) is 7.06. The average Bonchev–Trinajstić information content (AvgIpc) is 2.30. The van der Waals surface area contributed by atoms with Crippen molar-refractivity contribution in [1.82, 2.24) is 4.90 Å². The maximum atomic E-state index is 13.0. The number of likely N-dealkylation sites (N-methyl/N-ethyl adjacent to an activating group) is 1. The van der Waals surface area contributed by atoms with Crippen molar-refractivity contribution in [3.05, 3.63) is 35.6 Å². The normalized spacial score (nSPS) is 16.7. The summed E-state index contributed by atoms with van der Waals surface area (Å²) in [7, 11) is 2.10. The first-order chi connectivity index (χ1) is 8.82. The van der Waals surface area contributed by atoms with E-state index in [9.17, 15) is 4.39 Å². The summed E-state index contributed by atoms with van der Waals surface area (Å²) >= 11 is 0. The third-order valence-corrected chi connectivity index (χ3v) is 3.66. The molecule has 108 valence electrons. The summed E-state index contributed by atoms with van der Waals surface area (Å²) in [6.07, 6.45) is 1.13. The predicted octanol–water partition coefficient (Wildman–Crippen LogP) is 3.58. The molecule has 2 N–H and O–H groups in total. The maximum Gasteiger partial charge on any atom is 0.123 e. The van der Waals surface area contributed by atoms with Crippen molar-refractivity contribution in [3.8, 4) is 0 Å². The lowest BCUT2D eigenvalue weighted by atomic mass is 9.96. The van der Waals surface area contributed by atoms with Gasteiger partial charge in [0, 0.05) is 18.1 Å². The van der Waals surface area contributed by atoms with Crippen LogP contribution in [0.15, 0.2) is 24.3 Å². The Bertz CT molecular complexity index is 373. The Balaban J connectivity index is 2.91. The Hall–Kier alpha value is -0.930. The van der Waals surface area contributed by atoms with Crippen molar-refractivity contribution in [3.63, 3.8) is 0 Å². The van der Waals surface area contributed by atoms with E-state index in [2.05, 4.69) is 32.7 Å². The van der Waals surface area contributed by atoms with Crippen LogP contribution < -0.4 is 5.73 Å². The molecule has 3 heteroatoms. The summed E-state index contributed by atoms with van der Waals surface area (Å²) < 4.78 is 13.0. The van der Waals surface area contributed by atoms with Crippen molar-refractivity contribution in [2.45, 2.75) is 52.2 Å². The second kappa shape index (κ2) is 7.01. The van der Waals surface area contributed by atoms with E-state index in [0.29, 0.717) is 12.0 Å². The molecule has 3 unspecified atom stereocenters. The van der Waals surface area contributed by atoms with Gasteiger partial charge in [-0.15, -0.1) is 0 Å². The van der Waals surface area contributed by atoms with Crippen LogP contribution in [0.2, 0.25) is 0 Å². The molecular formula is C16H27FN2. The number of hydrogen-bond acceptors (Lipinski definition) is 2. The highest BCUT2D eigenvalue weighted by atomic mass is 19.1. The van der Waals surface area contributed by atoms with Crippen LogP contribution in [0, 0.1) is 11.7 Å². The number of benzene rings is 1. The molecular weight excluding hydrogens is 239 g/mol. The fraction of sp³-hybridized carbons (Fsp3) is 0.625. The summed E-state index contributed by atoms with van der Waals surface area (Å²) in [5.41, 5.74) is 7.22. The number of hydrogen-bond donors (Lipinski definition) is 1. The van der Waals surface area contributed by atoms with Gasteiger partial charge >= 0.3 is 0 Å². The molecule has 0 saturated carbocycles. The van der Waals surface area contributed by atoms with Gasteiger partial charge in [-0.25, -0.2) is 4.39 Å². The average molecular weight is 266 g/mol. The van der Waals surface area contributed by atoms with E-state index in [1.807, 2.05) is 19.1 Å². The number of halogens is 1. The molecule has 0 bridgehead atoms. The maximum absolute atomic E-state index is 13.0. The molecule has 0 aliphatic carbocycles. The predicted molar refractivity (Wildman–Crippen MR) is 79.5 cm³/mol. The molecule has 0 fully saturated rings. The minimum atomic E-state index is -0.204. The molecule has 1 aromatic carbocycles. The Labute approximate surface area is 116 Å². The Kier molecular flexibility index (Phi) is 5.95. The van der Waals surface area contributed by atoms with Gasteiger partial charge in [-0.2, -0.15) is 0 Å². The van der Waals surface area contributed by atoms with Gasteiger partial charge in [-0.3, -0.25) is 4.90 Å². The summed E-state index contributed by atoms with van der Waals surface area (Å²) in [6, 6.07) is 7.25. The Morgan fingerprint density at radius 3 is 2.05 bits per heavy atom. The Morgan fingerprint density at radius 1 is 1.11 bits per heavy atom. The second-order valence-corrected chi connectivity index (χ2v) is 6.00. The molecule has 19 heavy (non-hydrogen) atoms. The minimum Gasteiger partial charge on any atom is -0.326 e. The topological polar surface area (TPSA) is 29.3 Å². The van der Waals surface area contributed by atoms with Crippen molar-refractivity contribution < 1.29 is 4.39 Å². The fourth-order valence-corrected chi connectivity index (χ4v) is 2.69. The van der Waals surface area contributed by atoms with Crippen LogP contribution in [-0.4, -0.2) is 24.0 Å². The van der Waals surface area contributed by atoms with Gasteiger partial charge in [-0.05, 0) is 50.9 Å². The molecule has 2 nitrogen and oxygen atoms in total. The van der Waals surface area contributed by atoms with E-state index < -0.39 is 0 Å². The monoisotopic (exact) mass is 266 g/mol. The van der Waals surface area contributed by atoms with Crippen LogP contribution >= 0.6 is 0 Å². The van der Waals surface area contributed by atoms with Gasteiger partial charge in [0.1, 0.15) is 5.82 Å². The minimum absolute atomic E-state index is 0.00470. The molecule has 0 aliphatic heterocycles. The van der Waals surface area contributed by atoms with E-state index in [4.69, 9.17) is 5.73 Å². The van der Waals surface area contributed by atoms with Crippen molar-refractivity contribution >= 4 is 0 Å². The molecule has 1 aromatic rings. The smallest absolute Gasteiger partial charge is 0.123 e. The SMILES string of the molecule is CC(C)CC(C)N(C)C(c1ccc(F)cc1)C(C)N. The molecule has 0 radical (unpaired) electrons. The van der Waals surface area contributed by atoms with Gasteiger partial charge in [-0.1, -0.05) is 26.0 Å². The summed E-state index contributed by atoms with van der Waals surface area (Å²) in [6.45, 7) is 8.68. The quantitative estimate of drug-likeness (QED) is 0.852. The summed E-state index contributed by atoms with van der Waals surface area (Å²) in [4.78, 5) is 2.30. The first kappa shape index (κ1) is 16.1. The van der Waals surface area contributed by atoms with Crippen LogP contribution in [0.4, 0.5) is 4.39 Å². The second-order valence-electron chi connectivity index (χ2n) is 6.00. The third kappa shape index (κ3) is 4.59. The lowest BCUT2D eigenvalue weighted by molar-refractivity contribution is 0.148. The largest absolute Gasteiger partial charge is 0.326 e. The summed E-state index contributed by atoms with van der Waals surface area (Å²) in [5.74, 6) is 0.449. The molecule has 0 amide bonds. The summed E-state index contributed by atoms with van der Waals surface area (Å²) in [5, 5.41) is 0. The molecule has 0 saturated heterocycles. The zero-order valence-corrected chi connectivity index (χ0v) is 12.7. The first-order valence-corrected chi connectivity index (χ1v) is 7.06. The lowest BCUT2D eigenvalue weighted by Crippen LogP contribution is -2.42. The van der Waals surface area contributed by atoms with Crippen LogP contribution in [0.25, 0.3) is 0 Å². The van der Waals surface area contributed by atoms with E-state index in [0.717, 1.165) is 12.0 Å². The lowest BCUT2D eigenvalue weighted by Gasteiger charge is -2.36. The molecule has 0 aliphatic rings. The molecule has 0 spiro atoms. The fourth-order valence-electron chi connectivity index (χ4n) is 2.69. The van der Waals surface area contributed by atoms with Gasteiger partial charge in [0.2, 0.25) is 0 Å². The van der Waals surface area contributed by atoms with Crippen LogP contribution in [0.1, 0.15) is 45.7 Å². The molecule has 0 aromatic heterocycles. The Morgan fingerprint density at radius 2 is 1.63 bits per heavy atom. The highest BCUT2D eigenvalue weighted by Crippen LogP contribution is 2.26. The number of nitrogens with zero attached hydrogens (tertiary/aromatic N) is 1. The zero-order chi connectivity index (χ0) is 14.6.